The number of para-hydroxylation sites is 1. The van der Waals surface area contributed by atoms with E-state index in [2.05, 4.69) is 4.98 Å². The van der Waals surface area contributed by atoms with Crippen LogP contribution in [-0.2, 0) is 6.61 Å². The Bertz CT molecular complexity index is 545. The Morgan fingerprint density at radius 1 is 1.32 bits per heavy atom. The van der Waals surface area contributed by atoms with Crippen molar-refractivity contribution in [3.8, 4) is 5.75 Å². The topological polar surface area (TPSA) is 42.4 Å². The van der Waals surface area contributed by atoms with E-state index < -0.39 is 6.10 Å². The van der Waals surface area contributed by atoms with E-state index in [-0.39, 0.29) is 0 Å². The van der Waals surface area contributed by atoms with Crippen molar-refractivity contribution in [3.63, 3.8) is 0 Å². The quantitative estimate of drug-likeness (QED) is 0.905. The summed E-state index contributed by atoms with van der Waals surface area (Å²) in [5, 5.41) is 10.5. The summed E-state index contributed by atoms with van der Waals surface area (Å²) in [5.74, 6) is 0.685. The molecular weight excluding hydrogens is 262 g/mol. The molecule has 1 aromatic carbocycles. The lowest BCUT2D eigenvalue weighted by molar-refractivity contribution is 0.166. The van der Waals surface area contributed by atoms with E-state index in [4.69, 9.17) is 16.3 Å². The molecule has 1 heterocycles. The van der Waals surface area contributed by atoms with Crippen LogP contribution in [0.4, 0.5) is 0 Å². The lowest BCUT2D eigenvalue weighted by Gasteiger charge is -2.15. The SMILES string of the molecule is CC[C@H](O)c1ccccc1OCc1ccncc1Cl. The molecule has 2 aromatic rings. The van der Waals surface area contributed by atoms with Crippen LogP contribution < -0.4 is 4.74 Å². The van der Waals surface area contributed by atoms with E-state index >= 15 is 0 Å². The van der Waals surface area contributed by atoms with Crippen LogP contribution in [0, 0.1) is 0 Å². The Morgan fingerprint density at radius 2 is 2.11 bits per heavy atom. The number of ether oxygens (including phenoxy) is 1. The highest BCUT2D eigenvalue weighted by atomic mass is 35.5. The van der Waals surface area contributed by atoms with Crippen molar-refractivity contribution in [2.45, 2.75) is 26.1 Å². The highest BCUT2D eigenvalue weighted by Gasteiger charge is 2.11. The standard InChI is InChI=1S/C15H16ClNO2/c1-2-14(18)12-5-3-4-6-15(12)19-10-11-7-8-17-9-13(11)16/h3-9,14,18H,2,10H2,1H3/t14-/m0/s1. The van der Waals surface area contributed by atoms with E-state index in [0.29, 0.717) is 23.8 Å². The third-order valence-corrected chi connectivity index (χ3v) is 3.24. The summed E-state index contributed by atoms with van der Waals surface area (Å²) in [4.78, 5) is 3.93. The van der Waals surface area contributed by atoms with Crippen LogP contribution in [0.2, 0.25) is 5.02 Å². The van der Waals surface area contributed by atoms with Gasteiger partial charge in [0.2, 0.25) is 0 Å². The highest BCUT2D eigenvalue weighted by molar-refractivity contribution is 6.31. The zero-order chi connectivity index (χ0) is 13.7. The number of aromatic nitrogens is 1. The second-order valence-electron chi connectivity index (χ2n) is 4.22. The zero-order valence-electron chi connectivity index (χ0n) is 10.7. The number of aliphatic hydroxyl groups excluding tert-OH is 1. The molecule has 1 atom stereocenters. The summed E-state index contributed by atoms with van der Waals surface area (Å²) in [6, 6.07) is 9.32. The first-order valence-corrected chi connectivity index (χ1v) is 6.58. The van der Waals surface area contributed by atoms with Crippen LogP contribution in [0.3, 0.4) is 0 Å². The van der Waals surface area contributed by atoms with Crippen molar-refractivity contribution < 1.29 is 9.84 Å². The van der Waals surface area contributed by atoms with Crippen LogP contribution in [0.25, 0.3) is 0 Å². The summed E-state index contributed by atoms with van der Waals surface area (Å²) in [7, 11) is 0. The molecule has 0 unspecified atom stereocenters. The van der Waals surface area contributed by atoms with Crippen molar-refractivity contribution in [3.05, 3.63) is 58.9 Å². The van der Waals surface area contributed by atoms with E-state index in [1.165, 1.54) is 0 Å². The normalized spacial score (nSPS) is 12.2. The average molecular weight is 278 g/mol. The van der Waals surface area contributed by atoms with Gasteiger partial charge >= 0.3 is 0 Å². The molecule has 0 aliphatic rings. The monoisotopic (exact) mass is 277 g/mol. The molecule has 100 valence electrons. The predicted octanol–water partition coefficient (Wildman–Crippen LogP) is 3.76. The second-order valence-corrected chi connectivity index (χ2v) is 4.62. The Kier molecular flexibility index (Phi) is 4.77. The van der Waals surface area contributed by atoms with Crippen molar-refractivity contribution in [2.24, 2.45) is 0 Å². The molecule has 0 saturated heterocycles. The lowest BCUT2D eigenvalue weighted by atomic mass is 10.1. The predicted molar refractivity (Wildman–Crippen MR) is 75.3 cm³/mol. The number of halogens is 1. The van der Waals surface area contributed by atoms with E-state index in [0.717, 1.165) is 11.1 Å². The molecule has 2 rings (SSSR count). The maximum atomic E-state index is 9.95. The molecule has 3 nitrogen and oxygen atoms in total. The second kappa shape index (κ2) is 6.55. The summed E-state index contributed by atoms with van der Waals surface area (Å²) in [5.41, 5.74) is 1.67. The minimum Gasteiger partial charge on any atom is -0.488 e. The molecule has 0 bridgehead atoms. The van der Waals surface area contributed by atoms with Gasteiger partial charge in [0, 0.05) is 23.5 Å². The first kappa shape index (κ1) is 13.8. The van der Waals surface area contributed by atoms with Gasteiger partial charge in [0.25, 0.3) is 0 Å². The van der Waals surface area contributed by atoms with E-state index in [1.54, 1.807) is 12.4 Å². The van der Waals surface area contributed by atoms with E-state index in [9.17, 15) is 5.11 Å². The molecule has 0 amide bonds. The molecule has 0 aliphatic heterocycles. The van der Waals surface area contributed by atoms with Gasteiger partial charge in [-0.3, -0.25) is 4.98 Å². The van der Waals surface area contributed by atoms with Crippen LogP contribution in [0.15, 0.2) is 42.7 Å². The van der Waals surface area contributed by atoms with Gasteiger partial charge < -0.3 is 9.84 Å². The van der Waals surface area contributed by atoms with Crippen LogP contribution in [0.1, 0.15) is 30.6 Å². The lowest BCUT2D eigenvalue weighted by Crippen LogP contribution is -2.02. The largest absolute Gasteiger partial charge is 0.488 e. The fraction of sp³-hybridized carbons (Fsp3) is 0.267. The number of aliphatic hydroxyl groups is 1. The van der Waals surface area contributed by atoms with Crippen LogP contribution >= 0.6 is 11.6 Å². The molecule has 19 heavy (non-hydrogen) atoms. The van der Waals surface area contributed by atoms with Gasteiger partial charge in [0.15, 0.2) is 0 Å². The maximum absolute atomic E-state index is 9.95. The number of hydrogen-bond acceptors (Lipinski definition) is 3. The Balaban J connectivity index is 2.14. The van der Waals surface area contributed by atoms with Gasteiger partial charge in [-0.1, -0.05) is 36.7 Å². The minimum atomic E-state index is -0.510. The first-order valence-electron chi connectivity index (χ1n) is 6.20. The first-order chi connectivity index (χ1) is 9.22. The molecule has 4 heteroatoms. The number of benzene rings is 1. The molecule has 0 spiro atoms. The number of pyridine rings is 1. The number of nitrogens with zero attached hydrogens (tertiary/aromatic N) is 1. The third-order valence-electron chi connectivity index (χ3n) is 2.90. The van der Waals surface area contributed by atoms with Gasteiger partial charge in [0.05, 0.1) is 11.1 Å². The fourth-order valence-corrected chi connectivity index (χ4v) is 1.96. The van der Waals surface area contributed by atoms with Gasteiger partial charge in [-0.25, -0.2) is 0 Å². The summed E-state index contributed by atoms with van der Waals surface area (Å²) >= 11 is 6.03. The smallest absolute Gasteiger partial charge is 0.125 e. The van der Waals surface area contributed by atoms with Crippen molar-refractivity contribution in [1.82, 2.24) is 4.98 Å². The molecule has 0 radical (unpaired) electrons. The molecule has 0 aliphatic carbocycles. The molecule has 0 fully saturated rings. The van der Waals surface area contributed by atoms with Crippen LogP contribution in [-0.4, -0.2) is 10.1 Å². The van der Waals surface area contributed by atoms with Gasteiger partial charge in [0.1, 0.15) is 12.4 Å². The minimum absolute atomic E-state index is 0.356. The van der Waals surface area contributed by atoms with Crippen molar-refractivity contribution in [2.75, 3.05) is 0 Å². The van der Waals surface area contributed by atoms with Gasteiger partial charge in [-0.05, 0) is 18.6 Å². The van der Waals surface area contributed by atoms with Crippen molar-refractivity contribution in [1.29, 1.82) is 0 Å². The Morgan fingerprint density at radius 3 is 2.84 bits per heavy atom. The Labute approximate surface area is 117 Å². The molecule has 1 N–H and O–H groups in total. The molecule has 1 aromatic heterocycles. The van der Waals surface area contributed by atoms with Gasteiger partial charge in [-0.15, -0.1) is 0 Å². The maximum Gasteiger partial charge on any atom is 0.125 e. The fourth-order valence-electron chi connectivity index (χ4n) is 1.78. The molecule has 0 saturated carbocycles. The third kappa shape index (κ3) is 3.46. The van der Waals surface area contributed by atoms with Crippen LogP contribution in [0.5, 0.6) is 5.75 Å². The summed E-state index contributed by atoms with van der Waals surface area (Å²) in [6.07, 6.45) is 3.41. The van der Waals surface area contributed by atoms with Gasteiger partial charge in [-0.2, -0.15) is 0 Å². The molecular formula is C15H16ClNO2. The summed E-state index contributed by atoms with van der Waals surface area (Å²) < 4.78 is 5.75. The zero-order valence-corrected chi connectivity index (χ0v) is 11.5. The van der Waals surface area contributed by atoms with Crippen molar-refractivity contribution >= 4 is 11.6 Å². The Hall–Kier alpha value is -1.58. The summed E-state index contributed by atoms with van der Waals surface area (Å²) in [6.45, 7) is 2.29. The average Bonchev–Trinajstić information content (AvgIpc) is 2.46. The van der Waals surface area contributed by atoms with E-state index in [1.807, 2.05) is 37.3 Å². The highest BCUT2D eigenvalue weighted by Crippen LogP contribution is 2.28. The number of rotatable bonds is 5. The number of hydrogen-bond donors (Lipinski definition) is 1.